The Morgan fingerprint density at radius 3 is 2.63 bits per heavy atom. The highest BCUT2D eigenvalue weighted by Gasteiger charge is 2.14. The number of hydrogen-bond acceptors (Lipinski definition) is 4. The Morgan fingerprint density at radius 1 is 1.21 bits per heavy atom. The fraction of sp³-hybridized carbons (Fsp3) is 0.143. The first-order chi connectivity index (χ1) is 9.09. The van der Waals surface area contributed by atoms with Crippen LogP contribution in [-0.4, -0.2) is 4.92 Å². The summed E-state index contributed by atoms with van der Waals surface area (Å²) in [4.78, 5) is 10.3. The molecule has 5 nitrogen and oxygen atoms in total. The highest BCUT2D eigenvalue weighted by atomic mass is 16.6. The van der Waals surface area contributed by atoms with Crippen LogP contribution in [0.25, 0.3) is 0 Å². The van der Waals surface area contributed by atoms with Gasteiger partial charge in [0, 0.05) is 11.6 Å². The Morgan fingerprint density at radius 2 is 1.95 bits per heavy atom. The van der Waals surface area contributed by atoms with Crippen molar-refractivity contribution in [2.45, 2.75) is 13.5 Å². The van der Waals surface area contributed by atoms with Gasteiger partial charge in [-0.05, 0) is 18.6 Å². The molecule has 2 N–H and O–H groups in total. The topological polar surface area (TPSA) is 78.4 Å². The standard InChI is InChI=1S/C14H14N2O3/c1-10-5-2-3-8-13(10)19-9-11-6-4-7-12(14(11)15)16(17)18/h2-8H,9,15H2,1H3. The lowest BCUT2D eigenvalue weighted by Gasteiger charge is -2.10. The largest absolute Gasteiger partial charge is 0.489 e. The predicted octanol–water partition coefficient (Wildman–Crippen LogP) is 3.06. The highest BCUT2D eigenvalue weighted by molar-refractivity contribution is 5.62. The van der Waals surface area contributed by atoms with Gasteiger partial charge in [-0.3, -0.25) is 10.1 Å². The van der Waals surface area contributed by atoms with E-state index in [1.807, 2.05) is 31.2 Å². The van der Waals surface area contributed by atoms with E-state index < -0.39 is 4.92 Å². The third kappa shape index (κ3) is 2.82. The third-order valence-electron chi connectivity index (χ3n) is 2.85. The van der Waals surface area contributed by atoms with Crippen molar-refractivity contribution >= 4 is 11.4 Å². The maximum Gasteiger partial charge on any atom is 0.292 e. The zero-order valence-electron chi connectivity index (χ0n) is 10.5. The summed E-state index contributed by atoms with van der Waals surface area (Å²) >= 11 is 0. The van der Waals surface area contributed by atoms with Crippen molar-refractivity contribution < 1.29 is 9.66 Å². The van der Waals surface area contributed by atoms with Crippen LogP contribution in [0.2, 0.25) is 0 Å². The lowest BCUT2D eigenvalue weighted by Crippen LogP contribution is -2.04. The summed E-state index contributed by atoms with van der Waals surface area (Å²) in [7, 11) is 0. The number of ether oxygens (including phenoxy) is 1. The molecular formula is C14H14N2O3. The molecule has 5 heteroatoms. The number of nitrogens with zero attached hydrogens (tertiary/aromatic N) is 1. The van der Waals surface area contributed by atoms with Crippen LogP contribution in [0.15, 0.2) is 42.5 Å². The first kappa shape index (κ1) is 12.9. The molecular weight excluding hydrogens is 244 g/mol. The predicted molar refractivity (Wildman–Crippen MR) is 73.0 cm³/mol. The molecule has 0 saturated heterocycles. The SMILES string of the molecule is Cc1ccccc1OCc1cccc([N+](=O)[O-])c1N. The Kier molecular flexibility index (Phi) is 3.66. The number of nitro benzene ring substituents is 1. The summed E-state index contributed by atoms with van der Waals surface area (Å²) in [5.74, 6) is 0.744. The number of anilines is 1. The fourth-order valence-electron chi connectivity index (χ4n) is 1.76. The van der Waals surface area contributed by atoms with Crippen LogP contribution in [0.3, 0.4) is 0 Å². The number of aryl methyl sites for hydroxylation is 1. The molecule has 98 valence electrons. The zero-order chi connectivity index (χ0) is 13.8. The van der Waals surface area contributed by atoms with E-state index in [0.29, 0.717) is 5.56 Å². The average Bonchev–Trinajstić information content (AvgIpc) is 2.39. The van der Waals surface area contributed by atoms with Gasteiger partial charge in [0.2, 0.25) is 0 Å². The molecule has 0 bridgehead atoms. The molecule has 0 fully saturated rings. The lowest BCUT2D eigenvalue weighted by molar-refractivity contribution is -0.384. The molecule has 0 aliphatic carbocycles. The number of benzene rings is 2. The average molecular weight is 258 g/mol. The Bertz CT molecular complexity index is 611. The van der Waals surface area contributed by atoms with Crippen molar-refractivity contribution in [3.63, 3.8) is 0 Å². The molecule has 0 heterocycles. The Labute approximate surface area is 110 Å². The van der Waals surface area contributed by atoms with Crippen LogP contribution in [-0.2, 0) is 6.61 Å². The van der Waals surface area contributed by atoms with E-state index in [-0.39, 0.29) is 18.0 Å². The van der Waals surface area contributed by atoms with E-state index in [4.69, 9.17) is 10.5 Å². The van der Waals surface area contributed by atoms with Crippen LogP contribution < -0.4 is 10.5 Å². The van der Waals surface area contributed by atoms with Gasteiger partial charge in [-0.15, -0.1) is 0 Å². The summed E-state index contributed by atoms with van der Waals surface area (Å²) < 4.78 is 5.64. The number of nitro groups is 1. The van der Waals surface area contributed by atoms with Gasteiger partial charge in [-0.1, -0.05) is 30.3 Å². The van der Waals surface area contributed by atoms with Gasteiger partial charge in [0.05, 0.1) is 4.92 Å². The molecule has 2 aromatic rings. The van der Waals surface area contributed by atoms with Crippen LogP contribution >= 0.6 is 0 Å². The molecule has 0 atom stereocenters. The van der Waals surface area contributed by atoms with Gasteiger partial charge >= 0.3 is 0 Å². The number of rotatable bonds is 4. The minimum atomic E-state index is -0.493. The van der Waals surface area contributed by atoms with E-state index in [1.54, 1.807) is 12.1 Å². The molecule has 0 aliphatic heterocycles. The third-order valence-corrected chi connectivity index (χ3v) is 2.85. The molecule has 0 amide bonds. The van der Waals surface area contributed by atoms with Gasteiger partial charge in [0.15, 0.2) is 0 Å². The first-order valence-corrected chi connectivity index (χ1v) is 5.80. The molecule has 0 saturated carbocycles. The minimum Gasteiger partial charge on any atom is -0.489 e. The summed E-state index contributed by atoms with van der Waals surface area (Å²) in [5, 5.41) is 10.8. The monoisotopic (exact) mass is 258 g/mol. The quantitative estimate of drug-likeness (QED) is 0.519. The van der Waals surface area contributed by atoms with Crippen molar-refractivity contribution in [3.05, 3.63) is 63.7 Å². The first-order valence-electron chi connectivity index (χ1n) is 5.80. The summed E-state index contributed by atoms with van der Waals surface area (Å²) in [6, 6.07) is 12.3. The van der Waals surface area contributed by atoms with E-state index in [2.05, 4.69) is 0 Å². The van der Waals surface area contributed by atoms with E-state index in [1.165, 1.54) is 6.07 Å². The second kappa shape index (κ2) is 5.39. The van der Waals surface area contributed by atoms with Crippen LogP contribution in [0.1, 0.15) is 11.1 Å². The Hall–Kier alpha value is -2.56. The molecule has 0 aromatic heterocycles. The maximum atomic E-state index is 10.8. The lowest BCUT2D eigenvalue weighted by atomic mass is 10.1. The van der Waals surface area contributed by atoms with Crippen LogP contribution in [0, 0.1) is 17.0 Å². The molecule has 2 rings (SSSR count). The molecule has 2 aromatic carbocycles. The van der Waals surface area contributed by atoms with Crippen molar-refractivity contribution in [2.24, 2.45) is 0 Å². The number of hydrogen-bond donors (Lipinski definition) is 1. The van der Waals surface area contributed by atoms with E-state index in [9.17, 15) is 10.1 Å². The second-order valence-electron chi connectivity index (χ2n) is 4.16. The normalized spacial score (nSPS) is 10.2. The van der Waals surface area contributed by atoms with E-state index in [0.717, 1.165) is 11.3 Å². The van der Waals surface area contributed by atoms with Gasteiger partial charge in [-0.25, -0.2) is 0 Å². The number of nitrogen functional groups attached to an aromatic ring is 1. The molecule has 0 radical (unpaired) electrons. The second-order valence-corrected chi connectivity index (χ2v) is 4.16. The van der Waals surface area contributed by atoms with E-state index >= 15 is 0 Å². The summed E-state index contributed by atoms with van der Waals surface area (Å²) in [6.45, 7) is 2.14. The Balaban J connectivity index is 2.19. The van der Waals surface area contributed by atoms with Gasteiger partial charge < -0.3 is 10.5 Å². The minimum absolute atomic E-state index is 0.0918. The highest BCUT2D eigenvalue weighted by Crippen LogP contribution is 2.26. The van der Waals surface area contributed by atoms with Gasteiger partial charge in [0.1, 0.15) is 18.0 Å². The molecule has 0 aliphatic rings. The van der Waals surface area contributed by atoms with Gasteiger partial charge in [-0.2, -0.15) is 0 Å². The van der Waals surface area contributed by atoms with Crippen molar-refractivity contribution in [2.75, 3.05) is 5.73 Å². The fourth-order valence-corrected chi connectivity index (χ4v) is 1.76. The van der Waals surface area contributed by atoms with Gasteiger partial charge in [0.25, 0.3) is 5.69 Å². The van der Waals surface area contributed by atoms with Crippen molar-refractivity contribution in [1.29, 1.82) is 0 Å². The van der Waals surface area contributed by atoms with Crippen LogP contribution in [0.5, 0.6) is 5.75 Å². The summed E-state index contributed by atoms with van der Waals surface area (Å²) in [6.07, 6.45) is 0. The zero-order valence-corrected chi connectivity index (χ0v) is 10.5. The van der Waals surface area contributed by atoms with Crippen LogP contribution in [0.4, 0.5) is 11.4 Å². The smallest absolute Gasteiger partial charge is 0.292 e. The molecule has 0 unspecified atom stereocenters. The summed E-state index contributed by atoms with van der Waals surface area (Å²) in [5.41, 5.74) is 7.44. The molecule has 19 heavy (non-hydrogen) atoms. The maximum absolute atomic E-state index is 10.8. The van der Waals surface area contributed by atoms with Crippen molar-refractivity contribution in [1.82, 2.24) is 0 Å². The number of para-hydroxylation sites is 2. The molecule has 0 spiro atoms. The number of nitrogens with two attached hydrogens (primary N) is 1. The van der Waals surface area contributed by atoms with Crippen molar-refractivity contribution in [3.8, 4) is 5.75 Å².